The third-order valence-corrected chi connectivity index (χ3v) is 5.94. The molecule has 0 amide bonds. The van der Waals surface area contributed by atoms with E-state index in [9.17, 15) is 18.0 Å². The fourth-order valence-electron chi connectivity index (χ4n) is 3.68. The highest BCUT2D eigenvalue weighted by molar-refractivity contribution is 6.33. The van der Waals surface area contributed by atoms with Gasteiger partial charge in [0.05, 0.1) is 15.6 Å². The fraction of sp³-hybridized carbons (Fsp3) is 0.238. The lowest BCUT2D eigenvalue weighted by molar-refractivity contribution is -0.139. The highest BCUT2D eigenvalue weighted by atomic mass is 35.5. The average molecular weight is 528 g/mol. The first-order valence-corrected chi connectivity index (χ1v) is 10.9. The van der Waals surface area contributed by atoms with E-state index in [-0.39, 0.29) is 39.2 Å². The number of fused-ring (bicyclic) bond motifs is 1. The molecule has 35 heavy (non-hydrogen) atoms. The first-order chi connectivity index (χ1) is 16.6. The number of ether oxygens (including phenoxy) is 1. The van der Waals surface area contributed by atoms with Gasteiger partial charge in [-0.05, 0) is 24.3 Å². The molecule has 1 aliphatic rings. The van der Waals surface area contributed by atoms with E-state index < -0.39 is 23.8 Å². The van der Waals surface area contributed by atoms with E-state index in [1.165, 1.54) is 6.20 Å². The number of carboxylic acid groups (broad SMARTS) is 1. The first kappa shape index (κ1) is 23.4. The molecule has 0 aliphatic carbocycles. The van der Waals surface area contributed by atoms with E-state index in [0.717, 1.165) is 16.7 Å². The van der Waals surface area contributed by atoms with Crippen LogP contribution >= 0.6 is 23.2 Å². The van der Waals surface area contributed by atoms with Crippen molar-refractivity contribution in [2.24, 2.45) is 0 Å². The average Bonchev–Trinajstić information content (AvgIpc) is 3.52. The summed E-state index contributed by atoms with van der Waals surface area (Å²) in [6.45, 7) is 0.387. The topological polar surface area (TPSA) is 115 Å². The number of carboxylic acids is 1. The van der Waals surface area contributed by atoms with Gasteiger partial charge in [0, 0.05) is 30.9 Å². The summed E-state index contributed by atoms with van der Waals surface area (Å²) in [5, 5.41) is 15.9. The molecular weight excluding hydrogens is 514 g/mol. The molecule has 0 bridgehead atoms. The molecule has 182 valence electrons. The molecule has 0 spiro atoms. The Bertz CT molecular complexity index is 1440. The molecule has 1 fully saturated rings. The van der Waals surface area contributed by atoms with Crippen LogP contribution in [0.3, 0.4) is 0 Å². The number of aliphatic carboxylic acids is 1. The van der Waals surface area contributed by atoms with E-state index in [2.05, 4.69) is 20.4 Å². The second-order valence-electron chi connectivity index (χ2n) is 7.77. The quantitative estimate of drug-likeness (QED) is 0.387. The van der Waals surface area contributed by atoms with Gasteiger partial charge in [0.2, 0.25) is 5.82 Å². The number of nitrogens with one attached hydrogen (secondary N) is 1. The molecule has 14 heteroatoms. The second kappa shape index (κ2) is 8.70. The van der Waals surface area contributed by atoms with Crippen LogP contribution in [0.1, 0.15) is 12.0 Å². The van der Waals surface area contributed by atoms with Gasteiger partial charge in [0.15, 0.2) is 5.65 Å². The number of nitrogens with zero attached hydrogens (tertiary/aromatic N) is 4. The molecule has 0 saturated carbocycles. The maximum absolute atomic E-state index is 13.1. The molecule has 0 unspecified atom stereocenters. The van der Waals surface area contributed by atoms with Gasteiger partial charge in [-0.2, -0.15) is 18.2 Å². The van der Waals surface area contributed by atoms with Crippen molar-refractivity contribution < 1.29 is 32.3 Å². The Morgan fingerprint density at radius 2 is 2.00 bits per heavy atom. The van der Waals surface area contributed by atoms with E-state index in [4.69, 9.17) is 37.6 Å². The van der Waals surface area contributed by atoms with Crippen LogP contribution in [0.15, 0.2) is 41.2 Å². The number of hydrogen-bond acceptors (Lipinski definition) is 7. The fourth-order valence-corrected chi connectivity index (χ4v) is 4.19. The van der Waals surface area contributed by atoms with Crippen LogP contribution in [-0.4, -0.2) is 49.3 Å². The van der Waals surface area contributed by atoms with Gasteiger partial charge in [-0.3, -0.25) is 4.79 Å². The summed E-state index contributed by atoms with van der Waals surface area (Å²) < 4.78 is 51.4. The van der Waals surface area contributed by atoms with E-state index in [0.29, 0.717) is 24.3 Å². The zero-order valence-corrected chi connectivity index (χ0v) is 18.9. The Morgan fingerprint density at radius 3 is 2.69 bits per heavy atom. The molecule has 1 aliphatic heterocycles. The number of rotatable bonds is 5. The minimum absolute atomic E-state index is 0.0403. The third kappa shape index (κ3) is 4.64. The highest BCUT2D eigenvalue weighted by Crippen LogP contribution is 2.34. The van der Waals surface area contributed by atoms with Crippen molar-refractivity contribution in [1.29, 1.82) is 0 Å². The first-order valence-electron chi connectivity index (χ1n) is 10.1. The van der Waals surface area contributed by atoms with Gasteiger partial charge in [0.25, 0.3) is 5.89 Å². The smallest absolute Gasteiger partial charge is 0.417 e. The van der Waals surface area contributed by atoms with Gasteiger partial charge in [-0.15, -0.1) is 0 Å². The summed E-state index contributed by atoms with van der Waals surface area (Å²) in [5.41, 5.74) is -0.280. The Hall–Kier alpha value is -3.35. The predicted octanol–water partition coefficient (Wildman–Crippen LogP) is 4.57. The van der Waals surface area contributed by atoms with Crippen molar-refractivity contribution >= 4 is 34.8 Å². The number of hydrogen-bond donors (Lipinski definition) is 2. The van der Waals surface area contributed by atoms with Crippen LogP contribution in [-0.2, 0) is 11.0 Å². The van der Waals surface area contributed by atoms with Gasteiger partial charge < -0.3 is 24.1 Å². The standard InChI is InChI=1S/C21H14Cl2F3N5O4/c22-13-4-10(34-11-5-15(20(32)33)27-6-11)1-2-12(13)17-29-19(35-30-17)16-8-31-7-9(21(24,25)26)3-14(23)18(31)28-16/h1-4,7-8,11,15,27H,5-6H2,(H,32,33)/t11-,15-/m0/s1. The number of carbonyl (C=O) groups is 1. The van der Waals surface area contributed by atoms with Crippen molar-refractivity contribution in [3.63, 3.8) is 0 Å². The SMILES string of the molecule is O=C(O)[C@@H]1C[C@H](Oc2ccc(-c3noc(-c4cn5cc(C(F)(F)F)cc(Cl)c5n4)n3)c(Cl)c2)CN1. The molecule has 1 aromatic carbocycles. The van der Waals surface area contributed by atoms with Crippen LogP contribution in [0, 0.1) is 0 Å². The van der Waals surface area contributed by atoms with E-state index in [1.807, 2.05) is 0 Å². The zero-order valence-electron chi connectivity index (χ0n) is 17.4. The van der Waals surface area contributed by atoms with Crippen molar-refractivity contribution in [3.8, 4) is 28.7 Å². The van der Waals surface area contributed by atoms with Gasteiger partial charge >= 0.3 is 12.1 Å². The maximum Gasteiger partial charge on any atom is 0.417 e. The monoisotopic (exact) mass is 527 g/mol. The van der Waals surface area contributed by atoms with E-state index >= 15 is 0 Å². The van der Waals surface area contributed by atoms with Crippen LogP contribution in [0.25, 0.3) is 28.6 Å². The molecule has 5 rings (SSSR count). The Kier molecular flexibility index (Phi) is 5.82. The van der Waals surface area contributed by atoms with Crippen molar-refractivity contribution in [2.45, 2.75) is 24.7 Å². The third-order valence-electron chi connectivity index (χ3n) is 5.35. The highest BCUT2D eigenvalue weighted by Gasteiger charge is 2.32. The van der Waals surface area contributed by atoms with Gasteiger partial charge in [0.1, 0.15) is 23.6 Å². The Morgan fingerprint density at radius 1 is 1.20 bits per heavy atom. The minimum atomic E-state index is -4.57. The lowest BCUT2D eigenvalue weighted by Gasteiger charge is -2.13. The predicted molar refractivity (Wildman–Crippen MR) is 117 cm³/mol. The molecular formula is C21H14Cl2F3N5O4. The summed E-state index contributed by atoms with van der Waals surface area (Å²) in [7, 11) is 0. The van der Waals surface area contributed by atoms with E-state index in [1.54, 1.807) is 18.2 Å². The van der Waals surface area contributed by atoms with Gasteiger partial charge in [-0.1, -0.05) is 28.4 Å². The largest absolute Gasteiger partial charge is 0.489 e. The molecule has 1 saturated heterocycles. The lowest BCUT2D eigenvalue weighted by atomic mass is 10.2. The summed E-state index contributed by atoms with van der Waals surface area (Å²) in [5.74, 6) is -0.410. The number of aromatic nitrogens is 4. The summed E-state index contributed by atoms with van der Waals surface area (Å²) >= 11 is 12.4. The van der Waals surface area contributed by atoms with Crippen LogP contribution in [0.2, 0.25) is 10.0 Å². The summed E-state index contributed by atoms with van der Waals surface area (Å²) in [6, 6.07) is 4.92. The molecule has 4 aromatic rings. The molecule has 0 radical (unpaired) electrons. The zero-order chi connectivity index (χ0) is 24.9. The number of halogens is 5. The second-order valence-corrected chi connectivity index (χ2v) is 8.59. The molecule has 3 aromatic heterocycles. The normalized spacial score (nSPS) is 18.3. The Balaban J connectivity index is 1.37. The number of alkyl halides is 3. The molecule has 2 N–H and O–H groups in total. The van der Waals surface area contributed by atoms with Crippen molar-refractivity contribution in [2.75, 3.05) is 6.54 Å². The number of imidazole rings is 1. The lowest BCUT2D eigenvalue weighted by Crippen LogP contribution is -2.30. The number of benzene rings is 1. The number of pyridine rings is 1. The van der Waals surface area contributed by atoms with Crippen molar-refractivity contribution in [3.05, 3.63) is 52.3 Å². The molecule has 9 nitrogen and oxygen atoms in total. The van der Waals surface area contributed by atoms with Gasteiger partial charge in [-0.25, -0.2) is 4.98 Å². The van der Waals surface area contributed by atoms with Crippen LogP contribution in [0.4, 0.5) is 13.2 Å². The summed E-state index contributed by atoms with van der Waals surface area (Å²) in [6.07, 6.45) is -2.42. The Labute approximate surface area is 204 Å². The maximum atomic E-state index is 13.1. The molecule has 4 heterocycles. The van der Waals surface area contributed by atoms with Crippen LogP contribution < -0.4 is 10.1 Å². The van der Waals surface area contributed by atoms with Crippen molar-refractivity contribution in [1.82, 2.24) is 24.8 Å². The summed E-state index contributed by atoms with van der Waals surface area (Å²) in [4.78, 5) is 19.5. The minimum Gasteiger partial charge on any atom is -0.489 e. The molecule has 2 atom stereocenters. The van der Waals surface area contributed by atoms with Crippen LogP contribution in [0.5, 0.6) is 5.75 Å².